The molecule has 1 aliphatic rings. The molecule has 3 aromatic rings. The number of aromatic nitrogens is 1. The van der Waals surface area contributed by atoms with Gasteiger partial charge in [0.05, 0.1) is 11.4 Å². The fraction of sp³-hybridized carbons (Fsp3) is 0.0476. The Labute approximate surface area is 156 Å². The van der Waals surface area contributed by atoms with E-state index < -0.39 is 0 Å². The number of para-hydroxylation sites is 1. The average Bonchev–Trinajstić information content (AvgIpc) is 2.65. The van der Waals surface area contributed by atoms with E-state index in [1.165, 1.54) is 16.7 Å². The summed E-state index contributed by atoms with van der Waals surface area (Å²) in [4.78, 5) is 17.8. The average molecular weight is 359 g/mol. The third kappa shape index (κ3) is 3.21. The Morgan fingerprint density at radius 3 is 2.58 bits per heavy atom. The van der Waals surface area contributed by atoms with E-state index in [4.69, 9.17) is 0 Å². The van der Waals surface area contributed by atoms with E-state index in [0.29, 0.717) is 5.82 Å². The van der Waals surface area contributed by atoms with Gasteiger partial charge in [-0.3, -0.25) is 4.79 Å². The predicted molar refractivity (Wildman–Crippen MR) is 107 cm³/mol. The molecule has 1 aliphatic heterocycles. The summed E-state index contributed by atoms with van der Waals surface area (Å²) in [5.41, 5.74) is 5.04. The quantitative estimate of drug-likeness (QED) is 0.520. The molecule has 1 amide bonds. The van der Waals surface area contributed by atoms with E-state index in [1.54, 1.807) is 24.0 Å². The van der Waals surface area contributed by atoms with Crippen LogP contribution in [0.25, 0.3) is 5.57 Å². The molecule has 2 N–H and O–H groups in total. The maximum Gasteiger partial charge on any atom is 0.222 e. The van der Waals surface area contributed by atoms with Gasteiger partial charge in [-0.15, -0.1) is 0 Å². The van der Waals surface area contributed by atoms with Crippen molar-refractivity contribution in [3.8, 4) is 0 Å². The number of nitrogens with one attached hydrogen (secondary N) is 2. The van der Waals surface area contributed by atoms with Crippen LogP contribution >= 0.6 is 11.8 Å². The van der Waals surface area contributed by atoms with E-state index in [2.05, 4.69) is 52.5 Å². The second-order valence-corrected chi connectivity index (χ2v) is 7.11. The summed E-state index contributed by atoms with van der Waals surface area (Å²) in [6, 6.07) is 18.3. The van der Waals surface area contributed by atoms with Crippen molar-refractivity contribution >= 4 is 40.4 Å². The number of hydrogen-bond acceptors (Lipinski definition) is 4. The third-order valence-corrected chi connectivity index (χ3v) is 5.27. The molecule has 26 heavy (non-hydrogen) atoms. The predicted octanol–water partition coefficient (Wildman–Crippen LogP) is 5.31. The van der Waals surface area contributed by atoms with Gasteiger partial charge >= 0.3 is 0 Å². The Balaban J connectivity index is 1.59. The van der Waals surface area contributed by atoms with Crippen molar-refractivity contribution in [2.45, 2.75) is 16.7 Å². The first-order chi connectivity index (χ1) is 12.6. The molecule has 5 heteroatoms. The van der Waals surface area contributed by atoms with Crippen LogP contribution in [0.15, 0.2) is 77.2 Å². The van der Waals surface area contributed by atoms with E-state index in [-0.39, 0.29) is 5.91 Å². The highest BCUT2D eigenvalue weighted by Crippen LogP contribution is 2.44. The Kier molecular flexibility index (Phi) is 4.22. The summed E-state index contributed by atoms with van der Waals surface area (Å²) >= 11 is 1.76. The lowest BCUT2D eigenvalue weighted by Crippen LogP contribution is -2.07. The molecular weight excluding hydrogens is 342 g/mol. The lowest BCUT2D eigenvalue weighted by atomic mass is 10.0. The number of nitrogens with zero attached hydrogens (tertiary/aromatic N) is 1. The van der Waals surface area contributed by atoms with Crippen LogP contribution in [0, 0.1) is 0 Å². The van der Waals surface area contributed by atoms with Crippen LogP contribution in [-0.4, -0.2) is 10.9 Å². The molecule has 0 aliphatic carbocycles. The number of fused-ring (bicyclic) bond motifs is 2. The lowest BCUT2D eigenvalue weighted by molar-refractivity contribution is -0.114. The van der Waals surface area contributed by atoms with Crippen LogP contribution in [0.2, 0.25) is 0 Å². The Morgan fingerprint density at radius 1 is 1.04 bits per heavy atom. The number of pyridine rings is 1. The van der Waals surface area contributed by atoms with Crippen molar-refractivity contribution in [3.63, 3.8) is 0 Å². The molecule has 0 fully saturated rings. The normalized spacial score (nSPS) is 11.7. The first-order valence-electron chi connectivity index (χ1n) is 8.21. The van der Waals surface area contributed by atoms with Crippen molar-refractivity contribution < 1.29 is 4.79 Å². The monoisotopic (exact) mass is 359 g/mol. The Morgan fingerprint density at radius 2 is 1.81 bits per heavy atom. The summed E-state index contributed by atoms with van der Waals surface area (Å²) in [7, 11) is 0. The van der Waals surface area contributed by atoms with E-state index >= 15 is 0 Å². The van der Waals surface area contributed by atoms with Crippen LogP contribution in [0.4, 0.5) is 17.2 Å². The van der Waals surface area contributed by atoms with Crippen LogP contribution in [0.3, 0.4) is 0 Å². The molecule has 0 bridgehead atoms. The number of hydrogen-bond donors (Lipinski definition) is 2. The van der Waals surface area contributed by atoms with Crippen LogP contribution in [0.5, 0.6) is 0 Å². The SMILES string of the molecule is C=C(c1ccc(NC(C)=O)nc1)c1ccc2c(c1)Nc1ccccc1S2. The van der Waals surface area contributed by atoms with Crippen LogP contribution < -0.4 is 10.6 Å². The molecule has 1 aromatic heterocycles. The third-order valence-electron chi connectivity index (χ3n) is 4.12. The molecule has 0 saturated heterocycles. The van der Waals surface area contributed by atoms with Gasteiger partial charge in [0.15, 0.2) is 0 Å². The molecule has 4 rings (SSSR count). The van der Waals surface area contributed by atoms with E-state index in [0.717, 1.165) is 28.1 Å². The second-order valence-electron chi connectivity index (χ2n) is 6.03. The van der Waals surface area contributed by atoms with Gasteiger partial charge in [0, 0.05) is 28.5 Å². The van der Waals surface area contributed by atoms with Crippen molar-refractivity contribution in [1.29, 1.82) is 0 Å². The van der Waals surface area contributed by atoms with Crippen molar-refractivity contribution in [2.75, 3.05) is 10.6 Å². The summed E-state index contributed by atoms with van der Waals surface area (Å²) in [6.07, 6.45) is 1.73. The number of carbonyl (C=O) groups excluding carboxylic acids is 1. The van der Waals surface area contributed by atoms with Gasteiger partial charge in [0.25, 0.3) is 0 Å². The van der Waals surface area contributed by atoms with Crippen LogP contribution in [0.1, 0.15) is 18.1 Å². The highest BCUT2D eigenvalue weighted by atomic mass is 32.2. The molecular formula is C21H17N3OS. The van der Waals surface area contributed by atoms with Gasteiger partial charge in [0.1, 0.15) is 5.82 Å². The Bertz CT molecular complexity index is 1010. The van der Waals surface area contributed by atoms with Gasteiger partial charge in [-0.2, -0.15) is 0 Å². The van der Waals surface area contributed by atoms with Gasteiger partial charge in [-0.1, -0.05) is 36.5 Å². The minimum absolute atomic E-state index is 0.136. The van der Waals surface area contributed by atoms with Crippen LogP contribution in [-0.2, 0) is 4.79 Å². The molecule has 128 valence electrons. The zero-order chi connectivity index (χ0) is 18.1. The first-order valence-corrected chi connectivity index (χ1v) is 9.03. The topological polar surface area (TPSA) is 54.0 Å². The number of rotatable bonds is 3. The molecule has 2 heterocycles. The van der Waals surface area contributed by atoms with Gasteiger partial charge in [-0.05, 0) is 47.5 Å². The molecule has 0 spiro atoms. The molecule has 4 nitrogen and oxygen atoms in total. The summed E-state index contributed by atoms with van der Waals surface area (Å²) in [6.45, 7) is 5.68. The zero-order valence-electron chi connectivity index (χ0n) is 14.2. The van der Waals surface area contributed by atoms with E-state index in [9.17, 15) is 4.79 Å². The minimum atomic E-state index is -0.136. The fourth-order valence-electron chi connectivity index (χ4n) is 2.82. The molecule has 0 unspecified atom stereocenters. The highest BCUT2D eigenvalue weighted by molar-refractivity contribution is 7.99. The smallest absolute Gasteiger partial charge is 0.222 e. The fourth-order valence-corrected chi connectivity index (χ4v) is 3.79. The number of benzene rings is 2. The number of carbonyl (C=O) groups is 1. The van der Waals surface area contributed by atoms with Crippen molar-refractivity contribution in [2.24, 2.45) is 0 Å². The maximum atomic E-state index is 11.1. The van der Waals surface area contributed by atoms with E-state index in [1.807, 2.05) is 18.2 Å². The first kappa shape index (κ1) is 16.4. The number of amides is 1. The summed E-state index contributed by atoms with van der Waals surface area (Å²) in [5, 5.41) is 6.16. The second kappa shape index (κ2) is 6.69. The zero-order valence-corrected chi connectivity index (χ0v) is 15.1. The summed E-state index contributed by atoms with van der Waals surface area (Å²) in [5.74, 6) is 0.400. The Hall–Kier alpha value is -3.05. The standard InChI is InChI=1S/C21H17N3OS/c1-13(16-8-10-21(22-12-16)23-14(2)25)15-7-9-20-18(11-15)24-17-5-3-4-6-19(17)26-20/h3-12,24H,1H2,2H3,(H,22,23,25). The van der Waals surface area contributed by atoms with Crippen molar-refractivity contribution in [1.82, 2.24) is 4.98 Å². The number of anilines is 3. The van der Waals surface area contributed by atoms with Gasteiger partial charge in [-0.25, -0.2) is 4.98 Å². The maximum absolute atomic E-state index is 11.1. The summed E-state index contributed by atoms with van der Waals surface area (Å²) < 4.78 is 0. The molecule has 0 radical (unpaired) electrons. The molecule has 0 saturated carbocycles. The lowest BCUT2D eigenvalue weighted by Gasteiger charge is -2.21. The molecule has 2 aromatic carbocycles. The van der Waals surface area contributed by atoms with Crippen molar-refractivity contribution in [3.05, 3.63) is 78.5 Å². The van der Waals surface area contributed by atoms with Gasteiger partial charge in [0.2, 0.25) is 5.91 Å². The largest absolute Gasteiger partial charge is 0.354 e. The van der Waals surface area contributed by atoms with Gasteiger partial charge < -0.3 is 10.6 Å². The highest BCUT2D eigenvalue weighted by Gasteiger charge is 2.16. The minimum Gasteiger partial charge on any atom is -0.354 e. The molecule has 0 atom stereocenters.